The summed E-state index contributed by atoms with van der Waals surface area (Å²) < 4.78 is 0. The summed E-state index contributed by atoms with van der Waals surface area (Å²) in [5.41, 5.74) is 6.92. The molecule has 0 bridgehead atoms. The molecule has 9 N–H and O–H groups in total. The van der Waals surface area contributed by atoms with Crippen molar-refractivity contribution in [3.63, 3.8) is 0 Å². The lowest BCUT2D eigenvalue weighted by atomic mass is 9.93. The lowest BCUT2D eigenvalue weighted by molar-refractivity contribution is -0.148. The lowest BCUT2D eigenvalue weighted by Crippen LogP contribution is -2.65. The number of nitrogens with one attached hydrogen (secondary N) is 6. The SMILES string of the molecule is NC(=O)CC[C@@H]1NC(=O)[C@H](Cc2c[nH]c3ccccc23)NC(=O)C2(CCCC2)NC(=O)[C@H](Cc2c[nH]c3ccc(O)cc23)NC(=O)[C@H]2CSCN2C(=O)[C@H]2CCCN2C1=O. The Morgan fingerprint density at radius 1 is 0.767 bits per heavy atom. The number of fused-ring (bicyclic) bond motifs is 4. The van der Waals surface area contributed by atoms with Gasteiger partial charge in [-0.25, -0.2) is 0 Å². The number of thioether (sulfide) groups is 1. The van der Waals surface area contributed by atoms with Crippen LogP contribution >= 0.6 is 11.8 Å². The number of amides is 7. The number of aromatic nitrogens is 2. The van der Waals surface area contributed by atoms with Gasteiger partial charge >= 0.3 is 0 Å². The van der Waals surface area contributed by atoms with Crippen LogP contribution in [0.4, 0.5) is 0 Å². The van der Waals surface area contributed by atoms with Crippen molar-refractivity contribution in [2.75, 3.05) is 18.2 Å². The fourth-order valence-electron chi connectivity index (χ4n) is 9.14. The third kappa shape index (κ3) is 8.11. The molecule has 4 aliphatic rings. The summed E-state index contributed by atoms with van der Waals surface area (Å²) in [6.07, 6.45) is 5.57. The molecular weight excluding hydrogens is 791 g/mol. The topological polar surface area (TPSA) is 252 Å². The number of aromatic hydroxyl groups is 1. The number of aromatic amines is 2. The highest BCUT2D eigenvalue weighted by atomic mass is 32.2. The number of phenolic OH excluding ortho intramolecular Hbond substituents is 1. The van der Waals surface area contributed by atoms with E-state index in [0.717, 1.165) is 10.9 Å². The average molecular weight is 840 g/mol. The molecule has 1 spiro atoms. The first kappa shape index (κ1) is 40.7. The Morgan fingerprint density at radius 3 is 2.20 bits per heavy atom. The number of nitrogens with zero attached hydrogens (tertiary/aromatic N) is 2. The lowest BCUT2D eigenvalue weighted by Gasteiger charge is -2.35. The van der Waals surface area contributed by atoms with Crippen LogP contribution in [0.2, 0.25) is 0 Å². The Morgan fingerprint density at radius 2 is 1.45 bits per heavy atom. The van der Waals surface area contributed by atoms with E-state index in [0.29, 0.717) is 47.7 Å². The first-order valence-corrected chi connectivity index (χ1v) is 21.6. The van der Waals surface area contributed by atoms with Gasteiger partial charge < -0.3 is 51.9 Å². The molecule has 17 nitrogen and oxygen atoms in total. The van der Waals surface area contributed by atoms with Crippen molar-refractivity contribution in [2.24, 2.45) is 5.73 Å². The Kier molecular flexibility index (Phi) is 11.5. The molecule has 2 aromatic heterocycles. The predicted molar refractivity (Wildman–Crippen MR) is 222 cm³/mol. The maximum absolute atomic E-state index is 14.7. The second kappa shape index (κ2) is 16.9. The van der Waals surface area contributed by atoms with Gasteiger partial charge in [-0.15, -0.1) is 11.8 Å². The van der Waals surface area contributed by atoms with E-state index in [-0.39, 0.29) is 62.4 Å². The number of carbonyl (C=O) groups excluding carboxylic acids is 7. The van der Waals surface area contributed by atoms with Crippen molar-refractivity contribution in [1.82, 2.24) is 41.0 Å². The molecule has 5 heterocycles. The van der Waals surface area contributed by atoms with Crippen LogP contribution in [0.15, 0.2) is 54.9 Å². The van der Waals surface area contributed by atoms with Crippen LogP contribution in [0.5, 0.6) is 5.75 Å². The number of primary amides is 1. The Labute approximate surface area is 349 Å². The van der Waals surface area contributed by atoms with Gasteiger partial charge in [0, 0.05) is 65.8 Å². The Hall–Kier alpha value is -6.04. The highest BCUT2D eigenvalue weighted by Crippen LogP contribution is 2.32. The summed E-state index contributed by atoms with van der Waals surface area (Å²) in [6, 6.07) is 6.65. The standard InChI is InChI=1S/C42H49N9O8S/c43-35(53)12-11-30-39(57)50-15-5-8-33(50)40(58)51-22-60-21-34(51)38(56)47-32(17-24-20-45-29-10-9-25(52)18-27(24)29)37(55)49-42(13-3-4-14-42)41(59)48-31(36(54)46-30)16-23-19-44-28-7-2-1-6-26(23)28/h1-2,6-7,9-10,18-20,30-34,44-45,52H,3-5,8,11-17,21-22H2,(H2,43,53)(H,46,54)(H,47,56)(H,48,59)(H,49,55)/t30-,31-,32-,33+,34+/m0/s1. The van der Waals surface area contributed by atoms with Gasteiger partial charge in [-0.1, -0.05) is 31.0 Å². The molecule has 5 atom stereocenters. The van der Waals surface area contributed by atoms with Gasteiger partial charge in [0.25, 0.3) is 0 Å². The molecule has 3 aliphatic heterocycles. The molecule has 3 saturated heterocycles. The van der Waals surface area contributed by atoms with Gasteiger partial charge in [-0.05, 0) is 67.5 Å². The third-order valence-electron chi connectivity index (χ3n) is 12.4. The number of benzene rings is 2. The molecule has 0 radical (unpaired) electrons. The number of hydrogen-bond acceptors (Lipinski definition) is 9. The van der Waals surface area contributed by atoms with Crippen molar-refractivity contribution < 1.29 is 38.7 Å². The zero-order chi connectivity index (χ0) is 42.1. The Balaban J connectivity index is 1.18. The number of phenols is 1. The van der Waals surface area contributed by atoms with Gasteiger partial charge in [0.05, 0.1) is 5.88 Å². The molecule has 1 aliphatic carbocycles. The predicted octanol–water partition coefficient (Wildman–Crippen LogP) is 1.20. The molecule has 316 valence electrons. The summed E-state index contributed by atoms with van der Waals surface area (Å²) in [4.78, 5) is 108. The molecule has 1 saturated carbocycles. The molecule has 2 aromatic carbocycles. The van der Waals surface area contributed by atoms with Crippen LogP contribution in [0.3, 0.4) is 0 Å². The molecule has 60 heavy (non-hydrogen) atoms. The van der Waals surface area contributed by atoms with E-state index in [9.17, 15) is 38.7 Å². The molecule has 4 fully saturated rings. The van der Waals surface area contributed by atoms with E-state index in [1.165, 1.54) is 27.6 Å². The van der Waals surface area contributed by atoms with Crippen LogP contribution in [0.1, 0.15) is 62.5 Å². The molecule has 4 aromatic rings. The highest BCUT2D eigenvalue weighted by Gasteiger charge is 2.48. The van der Waals surface area contributed by atoms with Gasteiger partial charge in [-0.2, -0.15) is 0 Å². The number of H-pyrrole nitrogens is 2. The van der Waals surface area contributed by atoms with Crippen molar-refractivity contribution in [3.05, 3.63) is 66.0 Å². The minimum Gasteiger partial charge on any atom is -0.508 e. The molecule has 18 heteroatoms. The van der Waals surface area contributed by atoms with E-state index in [1.54, 1.807) is 24.5 Å². The molecule has 8 rings (SSSR count). The quantitative estimate of drug-likeness (QED) is 0.133. The number of nitrogens with two attached hydrogens (primary N) is 1. The first-order valence-electron chi connectivity index (χ1n) is 20.5. The van der Waals surface area contributed by atoms with E-state index >= 15 is 0 Å². The first-order chi connectivity index (χ1) is 28.9. The van der Waals surface area contributed by atoms with Crippen molar-refractivity contribution >= 4 is 74.9 Å². The molecule has 7 amide bonds. The summed E-state index contributed by atoms with van der Waals surface area (Å²) in [6.45, 7) is 0.205. The molecule has 0 unspecified atom stereocenters. The monoisotopic (exact) mass is 839 g/mol. The fourth-order valence-corrected chi connectivity index (χ4v) is 10.3. The van der Waals surface area contributed by atoms with Crippen LogP contribution < -0.4 is 27.0 Å². The van der Waals surface area contributed by atoms with Gasteiger partial charge in [0.1, 0.15) is 41.5 Å². The average Bonchev–Trinajstić information content (AvgIpc) is 4.09. The number of hydrogen-bond donors (Lipinski definition) is 8. The van der Waals surface area contributed by atoms with Gasteiger partial charge in [-0.3, -0.25) is 33.6 Å². The fraction of sp³-hybridized carbons (Fsp3) is 0.452. The van der Waals surface area contributed by atoms with Crippen molar-refractivity contribution in [3.8, 4) is 5.75 Å². The zero-order valence-corrected chi connectivity index (χ0v) is 33.8. The summed E-state index contributed by atoms with van der Waals surface area (Å²) in [7, 11) is 0. The maximum atomic E-state index is 14.7. The third-order valence-corrected chi connectivity index (χ3v) is 13.4. The second-order valence-corrected chi connectivity index (χ2v) is 17.3. The summed E-state index contributed by atoms with van der Waals surface area (Å²) >= 11 is 1.37. The number of rotatable bonds is 7. The van der Waals surface area contributed by atoms with E-state index < -0.39 is 77.1 Å². The van der Waals surface area contributed by atoms with Crippen molar-refractivity contribution in [1.29, 1.82) is 0 Å². The zero-order valence-electron chi connectivity index (χ0n) is 33.0. The normalized spacial score (nSPS) is 25.4. The largest absolute Gasteiger partial charge is 0.508 e. The minimum atomic E-state index is -1.46. The van der Waals surface area contributed by atoms with Gasteiger partial charge in [0.2, 0.25) is 41.4 Å². The smallest absolute Gasteiger partial charge is 0.246 e. The van der Waals surface area contributed by atoms with Crippen LogP contribution in [0.25, 0.3) is 21.8 Å². The number of carbonyl (C=O) groups is 7. The second-order valence-electron chi connectivity index (χ2n) is 16.3. The van der Waals surface area contributed by atoms with E-state index in [2.05, 4.69) is 31.2 Å². The van der Waals surface area contributed by atoms with Crippen LogP contribution in [0, 0.1) is 0 Å². The van der Waals surface area contributed by atoms with Crippen LogP contribution in [-0.4, -0.2) is 120 Å². The molecular formula is C42H49N9O8S. The Bertz CT molecular complexity index is 2350. The van der Waals surface area contributed by atoms with E-state index in [4.69, 9.17) is 5.73 Å². The minimum absolute atomic E-state index is 0.00722. The summed E-state index contributed by atoms with van der Waals surface area (Å²) in [5, 5.41) is 23.4. The number of para-hydroxylation sites is 1. The maximum Gasteiger partial charge on any atom is 0.246 e. The van der Waals surface area contributed by atoms with Crippen LogP contribution in [-0.2, 0) is 46.4 Å². The van der Waals surface area contributed by atoms with Gasteiger partial charge in [0.15, 0.2) is 0 Å². The summed E-state index contributed by atoms with van der Waals surface area (Å²) in [5.74, 6) is -3.74. The van der Waals surface area contributed by atoms with Crippen molar-refractivity contribution in [2.45, 2.75) is 100.0 Å². The van der Waals surface area contributed by atoms with E-state index in [1.807, 2.05) is 24.3 Å². The highest BCUT2D eigenvalue weighted by molar-refractivity contribution is 7.99.